The van der Waals surface area contributed by atoms with Gasteiger partial charge in [-0.05, 0) is 30.2 Å². The Hall–Kier alpha value is -2.63. The number of benzene rings is 1. The van der Waals surface area contributed by atoms with Crippen molar-refractivity contribution >= 4 is 17.5 Å². The second-order valence-corrected chi connectivity index (χ2v) is 4.27. The number of aromatic carboxylic acids is 1. The molecule has 1 heterocycles. The second-order valence-electron chi connectivity index (χ2n) is 4.27. The Kier molecular flexibility index (Phi) is 4.14. The molecule has 0 aliphatic carbocycles. The Bertz CT molecular complexity index is 632. The number of anilines is 2. The lowest BCUT2D eigenvalue weighted by Gasteiger charge is -2.08. The van der Waals surface area contributed by atoms with Gasteiger partial charge in [0.2, 0.25) is 0 Å². The van der Waals surface area contributed by atoms with E-state index in [0.717, 1.165) is 5.56 Å². The van der Waals surface area contributed by atoms with Gasteiger partial charge in [0.1, 0.15) is 11.6 Å². The van der Waals surface area contributed by atoms with Gasteiger partial charge in [-0.3, -0.25) is 0 Å². The van der Waals surface area contributed by atoms with Crippen molar-refractivity contribution in [3.8, 4) is 0 Å². The topological polar surface area (TPSA) is 88.2 Å². The standard InChI is InChI=1S/C14H14FN3O2/c15-10-3-1-2-9(6-10)4-5-17-13-7-11(14(19)20)12(16)8-18-13/h1-3,6-8H,4-5,16H2,(H,17,18)(H,19,20). The lowest BCUT2D eigenvalue weighted by Crippen LogP contribution is -2.09. The molecule has 0 saturated carbocycles. The van der Waals surface area contributed by atoms with E-state index in [-0.39, 0.29) is 17.1 Å². The summed E-state index contributed by atoms with van der Waals surface area (Å²) in [7, 11) is 0. The molecule has 0 saturated heterocycles. The van der Waals surface area contributed by atoms with Crippen LogP contribution in [0.3, 0.4) is 0 Å². The molecule has 20 heavy (non-hydrogen) atoms. The molecular weight excluding hydrogens is 261 g/mol. The molecule has 0 atom stereocenters. The van der Waals surface area contributed by atoms with Crippen LogP contribution in [0.1, 0.15) is 15.9 Å². The maximum atomic E-state index is 13.0. The van der Waals surface area contributed by atoms with Gasteiger partial charge in [-0.1, -0.05) is 12.1 Å². The Morgan fingerprint density at radius 2 is 2.20 bits per heavy atom. The van der Waals surface area contributed by atoms with Crippen molar-refractivity contribution in [3.63, 3.8) is 0 Å². The number of carbonyl (C=O) groups is 1. The molecule has 0 aliphatic rings. The van der Waals surface area contributed by atoms with E-state index >= 15 is 0 Å². The van der Waals surface area contributed by atoms with Crippen molar-refractivity contribution in [3.05, 3.63) is 53.5 Å². The fraction of sp³-hybridized carbons (Fsp3) is 0.143. The predicted octanol–water partition coefficient (Wildman–Crippen LogP) is 2.16. The van der Waals surface area contributed by atoms with Gasteiger partial charge in [-0.2, -0.15) is 0 Å². The molecule has 0 fully saturated rings. The number of pyridine rings is 1. The third kappa shape index (κ3) is 3.44. The average Bonchev–Trinajstić information content (AvgIpc) is 2.40. The van der Waals surface area contributed by atoms with Gasteiger partial charge in [0, 0.05) is 6.54 Å². The van der Waals surface area contributed by atoms with Gasteiger partial charge in [0.05, 0.1) is 17.4 Å². The van der Waals surface area contributed by atoms with Crippen LogP contribution in [-0.2, 0) is 6.42 Å². The first-order chi connectivity index (χ1) is 9.56. The molecule has 5 nitrogen and oxygen atoms in total. The number of rotatable bonds is 5. The average molecular weight is 275 g/mol. The molecule has 0 spiro atoms. The highest BCUT2D eigenvalue weighted by Crippen LogP contribution is 2.14. The maximum absolute atomic E-state index is 13.0. The Balaban J connectivity index is 1.97. The summed E-state index contributed by atoms with van der Waals surface area (Å²) in [5, 5.41) is 11.9. The van der Waals surface area contributed by atoms with E-state index in [1.165, 1.54) is 24.4 Å². The molecule has 0 amide bonds. The number of nitrogen functional groups attached to an aromatic ring is 1. The van der Waals surface area contributed by atoms with E-state index in [2.05, 4.69) is 10.3 Å². The van der Waals surface area contributed by atoms with E-state index in [1.807, 2.05) is 6.07 Å². The van der Waals surface area contributed by atoms with Crippen molar-refractivity contribution < 1.29 is 14.3 Å². The normalized spacial score (nSPS) is 10.2. The zero-order chi connectivity index (χ0) is 14.5. The minimum absolute atomic E-state index is 0.00764. The summed E-state index contributed by atoms with van der Waals surface area (Å²) in [6.07, 6.45) is 1.90. The molecular formula is C14H14FN3O2. The van der Waals surface area contributed by atoms with Crippen molar-refractivity contribution in [2.75, 3.05) is 17.6 Å². The summed E-state index contributed by atoms with van der Waals surface area (Å²) in [5.41, 5.74) is 6.49. The number of nitrogens with two attached hydrogens (primary N) is 1. The second kappa shape index (κ2) is 6.01. The summed E-state index contributed by atoms with van der Waals surface area (Å²) in [4.78, 5) is 14.9. The predicted molar refractivity (Wildman–Crippen MR) is 74.2 cm³/mol. The number of nitrogens with zero attached hydrogens (tertiary/aromatic N) is 1. The molecule has 6 heteroatoms. The smallest absolute Gasteiger partial charge is 0.337 e. The Morgan fingerprint density at radius 3 is 2.90 bits per heavy atom. The van der Waals surface area contributed by atoms with Crippen LogP contribution in [0.5, 0.6) is 0 Å². The van der Waals surface area contributed by atoms with Crippen LogP contribution in [0.25, 0.3) is 0 Å². The molecule has 0 bridgehead atoms. The highest BCUT2D eigenvalue weighted by Gasteiger charge is 2.09. The number of halogens is 1. The van der Waals surface area contributed by atoms with Gasteiger partial charge in [-0.15, -0.1) is 0 Å². The van der Waals surface area contributed by atoms with Crippen LogP contribution in [0.15, 0.2) is 36.5 Å². The van der Waals surface area contributed by atoms with E-state index in [1.54, 1.807) is 6.07 Å². The molecule has 0 radical (unpaired) electrons. The van der Waals surface area contributed by atoms with Gasteiger partial charge in [0.15, 0.2) is 0 Å². The zero-order valence-corrected chi connectivity index (χ0v) is 10.6. The van der Waals surface area contributed by atoms with Crippen LogP contribution < -0.4 is 11.1 Å². The van der Waals surface area contributed by atoms with Crippen LogP contribution in [0.2, 0.25) is 0 Å². The lowest BCUT2D eigenvalue weighted by molar-refractivity contribution is 0.0698. The molecule has 2 rings (SSSR count). The van der Waals surface area contributed by atoms with Crippen molar-refractivity contribution in [2.24, 2.45) is 0 Å². The number of hydrogen-bond donors (Lipinski definition) is 3. The third-order valence-electron chi connectivity index (χ3n) is 2.77. The first-order valence-corrected chi connectivity index (χ1v) is 6.03. The molecule has 1 aromatic carbocycles. The summed E-state index contributed by atoms with van der Waals surface area (Å²) < 4.78 is 13.0. The van der Waals surface area contributed by atoms with Gasteiger partial charge in [-0.25, -0.2) is 14.2 Å². The first kappa shape index (κ1) is 13.8. The minimum atomic E-state index is -1.10. The van der Waals surface area contributed by atoms with Crippen LogP contribution in [0, 0.1) is 5.82 Å². The Labute approximate surface area is 115 Å². The quantitative estimate of drug-likeness (QED) is 0.778. The van der Waals surface area contributed by atoms with Crippen LogP contribution in [0.4, 0.5) is 15.9 Å². The molecule has 0 aliphatic heterocycles. The van der Waals surface area contributed by atoms with Crippen molar-refractivity contribution in [1.82, 2.24) is 4.98 Å². The number of hydrogen-bond acceptors (Lipinski definition) is 4. The molecule has 4 N–H and O–H groups in total. The molecule has 0 unspecified atom stereocenters. The van der Waals surface area contributed by atoms with Crippen LogP contribution >= 0.6 is 0 Å². The first-order valence-electron chi connectivity index (χ1n) is 6.03. The number of nitrogens with one attached hydrogen (secondary N) is 1. The summed E-state index contributed by atoms with van der Waals surface area (Å²) in [6, 6.07) is 7.69. The van der Waals surface area contributed by atoms with Crippen molar-refractivity contribution in [1.29, 1.82) is 0 Å². The van der Waals surface area contributed by atoms with Gasteiger partial charge >= 0.3 is 5.97 Å². The fourth-order valence-corrected chi connectivity index (χ4v) is 1.78. The Morgan fingerprint density at radius 1 is 1.40 bits per heavy atom. The zero-order valence-electron chi connectivity index (χ0n) is 10.6. The number of aromatic nitrogens is 1. The summed E-state index contributed by atoms with van der Waals surface area (Å²) >= 11 is 0. The van der Waals surface area contributed by atoms with Gasteiger partial charge in [0.25, 0.3) is 0 Å². The monoisotopic (exact) mass is 275 g/mol. The number of carboxylic acid groups (broad SMARTS) is 1. The van der Waals surface area contributed by atoms with Gasteiger partial charge < -0.3 is 16.2 Å². The SMILES string of the molecule is Nc1cnc(NCCc2cccc(F)c2)cc1C(=O)O. The minimum Gasteiger partial charge on any atom is -0.478 e. The van der Waals surface area contributed by atoms with E-state index in [0.29, 0.717) is 18.8 Å². The number of carboxylic acids is 1. The highest BCUT2D eigenvalue weighted by atomic mass is 19.1. The summed E-state index contributed by atoms with van der Waals surface area (Å²) in [6.45, 7) is 0.513. The van der Waals surface area contributed by atoms with E-state index < -0.39 is 5.97 Å². The summed E-state index contributed by atoms with van der Waals surface area (Å²) in [5.74, 6) is -0.952. The third-order valence-corrected chi connectivity index (χ3v) is 2.77. The van der Waals surface area contributed by atoms with Crippen molar-refractivity contribution in [2.45, 2.75) is 6.42 Å². The van der Waals surface area contributed by atoms with E-state index in [9.17, 15) is 9.18 Å². The molecule has 1 aromatic heterocycles. The van der Waals surface area contributed by atoms with E-state index in [4.69, 9.17) is 10.8 Å². The molecule has 2 aromatic rings. The largest absolute Gasteiger partial charge is 0.478 e. The lowest BCUT2D eigenvalue weighted by atomic mass is 10.1. The fourth-order valence-electron chi connectivity index (χ4n) is 1.78. The maximum Gasteiger partial charge on any atom is 0.337 e. The van der Waals surface area contributed by atoms with Crippen LogP contribution in [-0.4, -0.2) is 22.6 Å². The highest BCUT2D eigenvalue weighted by molar-refractivity contribution is 5.94. The molecule has 104 valence electrons.